The number of halogens is 4. The molecule has 2 heterocycles. The number of amides is 3. The second-order valence-electron chi connectivity index (χ2n) is 9.89. The van der Waals surface area contributed by atoms with Gasteiger partial charge in [0.2, 0.25) is 5.92 Å². The maximum absolute atomic E-state index is 14.6. The molecule has 0 unspecified atom stereocenters. The van der Waals surface area contributed by atoms with Crippen LogP contribution in [0.4, 0.5) is 18.0 Å². The third-order valence-electron chi connectivity index (χ3n) is 7.89. The lowest BCUT2D eigenvalue weighted by molar-refractivity contribution is -0.790. The molecular weight excluding hydrogens is 487 g/mol. The Morgan fingerprint density at radius 3 is 2.40 bits per heavy atom. The van der Waals surface area contributed by atoms with Gasteiger partial charge in [-0.3, -0.25) is 4.90 Å². The standard InChI is InChI=1S/C24H29ClF3N3O4/c1-2-30(22(34)35)24(14-29-13-17(24)15-6-7-18(25)19(26)10-15)21(33)31(8-4-3-5-9-31)20(32)16-11-23(27,28)12-16/h6-7,10,16-17,29H,2-5,8-9,11-14H2,1H3/p+1/t17-,24+/m0/s1. The van der Waals surface area contributed by atoms with Gasteiger partial charge in [0.25, 0.3) is 0 Å². The lowest BCUT2D eigenvalue weighted by atomic mass is 9.75. The van der Waals surface area contributed by atoms with Crippen molar-refractivity contribution in [2.45, 2.75) is 56.4 Å². The molecule has 2 saturated heterocycles. The highest BCUT2D eigenvalue weighted by Crippen LogP contribution is 2.47. The molecule has 4 rings (SSSR count). The molecule has 1 aromatic rings. The molecule has 11 heteroatoms. The van der Waals surface area contributed by atoms with E-state index < -0.39 is 64.3 Å². The number of nitrogens with zero attached hydrogens (tertiary/aromatic N) is 2. The number of hydrogen-bond acceptors (Lipinski definition) is 4. The summed E-state index contributed by atoms with van der Waals surface area (Å²) in [6.45, 7) is 1.92. The number of quaternary nitrogens is 1. The van der Waals surface area contributed by atoms with Crippen molar-refractivity contribution >= 4 is 29.5 Å². The van der Waals surface area contributed by atoms with E-state index in [1.165, 1.54) is 12.1 Å². The summed E-state index contributed by atoms with van der Waals surface area (Å²) in [6.07, 6.45) is -0.678. The van der Waals surface area contributed by atoms with Crippen LogP contribution in [0.2, 0.25) is 5.02 Å². The van der Waals surface area contributed by atoms with Crippen LogP contribution >= 0.6 is 11.6 Å². The van der Waals surface area contributed by atoms with Crippen molar-refractivity contribution in [2.75, 3.05) is 32.7 Å². The lowest BCUT2D eigenvalue weighted by Crippen LogP contribution is -2.74. The van der Waals surface area contributed by atoms with Gasteiger partial charge in [-0.15, -0.1) is 0 Å². The van der Waals surface area contributed by atoms with E-state index in [9.17, 15) is 32.7 Å². The van der Waals surface area contributed by atoms with Crippen LogP contribution in [0.15, 0.2) is 18.2 Å². The molecule has 0 bridgehead atoms. The number of carbonyl (C=O) groups excluding carboxylic acids is 2. The van der Waals surface area contributed by atoms with Crippen LogP contribution in [0.25, 0.3) is 0 Å². The van der Waals surface area contributed by atoms with Crippen molar-refractivity contribution in [2.24, 2.45) is 5.92 Å². The van der Waals surface area contributed by atoms with Crippen molar-refractivity contribution in [3.8, 4) is 0 Å². The number of likely N-dealkylation sites (N-methyl/N-ethyl adjacent to an activating group) is 1. The number of carboxylic acid groups (broad SMARTS) is 1. The zero-order valence-electron chi connectivity index (χ0n) is 19.5. The summed E-state index contributed by atoms with van der Waals surface area (Å²) < 4.78 is 41.1. The minimum Gasteiger partial charge on any atom is -0.465 e. The van der Waals surface area contributed by atoms with Gasteiger partial charge in [-0.05, 0) is 43.9 Å². The zero-order valence-corrected chi connectivity index (χ0v) is 20.3. The molecule has 192 valence electrons. The van der Waals surface area contributed by atoms with Crippen molar-refractivity contribution in [3.63, 3.8) is 0 Å². The first kappa shape index (κ1) is 25.9. The molecule has 3 amide bonds. The van der Waals surface area contributed by atoms with Gasteiger partial charge in [0.1, 0.15) is 5.82 Å². The normalized spacial score (nSPS) is 27.7. The minimum atomic E-state index is -2.93. The van der Waals surface area contributed by atoms with Gasteiger partial charge in [-0.2, -0.15) is 4.48 Å². The Hall–Kier alpha value is -2.17. The molecule has 0 spiro atoms. The minimum absolute atomic E-state index is 0.0506. The number of carbonyl (C=O) groups is 3. The summed E-state index contributed by atoms with van der Waals surface area (Å²) in [6, 6.07) is 4.09. The molecule has 7 nitrogen and oxygen atoms in total. The van der Waals surface area contributed by atoms with Crippen molar-refractivity contribution in [1.82, 2.24) is 10.2 Å². The summed E-state index contributed by atoms with van der Waals surface area (Å²) in [7, 11) is 0. The van der Waals surface area contributed by atoms with Gasteiger partial charge < -0.3 is 10.4 Å². The van der Waals surface area contributed by atoms with Crippen LogP contribution in [0.3, 0.4) is 0 Å². The van der Waals surface area contributed by atoms with Crippen molar-refractivity contribution < 1.29 is 37.1 Å². The van der Waals surface area contributed by atoms with E-state index >= 15 is 0 Å². The molecule has 1 saturated carbocycles. The number of likely N-dealkylation sites (tertiary alicyclic amines) is 1. The van der Waals surface area contributed by atoms with Gasteiger partial charge >= 0.3 is 17.9 Å². The van der Waals surface area contributed by atoms with Crippen LogP contribution in [-0.2, 0) is 9.59 Å². The maximum Gasteiger partial charge on any atom is 0.408 e. The number of rotatable bonds is 5. The second-order valence-corrected chi connectivity index (χ2v) is 10.3. The number of benzene rings is 1. The lowest BCUT2D eigenvalue weighted by Gasteiger charge is -2.49. The molecule has 1 aliphatic carbocycles. The Labute approximate surface area is 206 Å². The number of imide groups is 1. The Bertz CT molecular complexity index is 1030. The molecule has 0 aromatic heterocycles. The third-order valence-corrected chi connectivity index (χ3v) is 8.20. The molecule has 2 N–H and O–H groups in total. The van der Waals surface area contributed by atoms with E-state index in [4.69, 9.17) is 11.6 Å². The first-order valence-corrected chi connectivity index (χ1v) is 12.4. The second kappa shape index (κ2) is 9.37. The van der Waals surface area contributed by atoms with Gasteiger partial charge in [-0.25, -0.2) is 27.6 Å². The first-order valence-electron chi connectivity index (χ1n) is 12.0. The SMILES string of the molecule is CCN(C(=O)O)[C@]1(C(=O)[N+]2(C(=O)C3CC(F)(F)C3)CCCCC2)CNC[C@H]1c1ccc(Cl)c(F)c1. The summed E-state index contributed by atoms with van der Waals surface area (Å²) >= 11 is 5.86. The smallest absolute Gasteiger partial charge is 0.408 e. The van der Waals surface area contributed by atoms with Gasteiger partial charge in [0.15, 0.2) is 5.54 Å². The average molecular weight is 517 g/mol. The molecule has 35 heavy (non-hydrogen) atoms. The van der Waals surface area contributed by atoms with Crippen molar-refractivity contribution in [1.29, 1.82) is 0 Å². The number of hydrogen-bond donors (Lipinski definition) is 2. The van der Waals surface area contributed by atoms with Crippen LogP contribution in [0.1, 0.15) is 50.5 Å². The Morgan fingerprint density at radius 1 is 1.20 bits per heavy atom. The largest absolute Gasteiger partial charge is 0.465 e. The molecular formula is C24H30ClF3N3O4+. The number of alkyl halides is 2. The molecule has 3 aliphatic rings. The van der Waals surface area contributed by atoms with Gasteiger partial charge in [-0.1, -0.05) is 17.7 Å². The fraction of sp³-hybridized carbons (Fsp3) is 0.625. The Balaban J connectivity index is 1.84. The predicted molar refractivity (Wildman–Crippen MR) is 122 cm³/mol. The highest BCUT2D eigenvalue weighted by atomic mass is 35.5. The summed E-state index contributed by atoms with van der Waals surface area (Å²) in [5, 5.41) is 13.1. The van der Waals surface area contributed by atoms with E-state index in [0.717, 1.165) is 11.3 Å². The van der Waals surface area contributed by atoms with Crippen LogP contribution in [-0.4, -0.2) is 76.6 Å². The van der Waals surface area contributed by atoms with E-state index in [0.29, 0.717) is 18.4 Å². The summed E-state index contributed by atoms with van der Waals surface area (Å²) in [4.78, 5) is 41.8. The highest BCUT2D eigenvalue weighted by Gasteiger charge is 2.67. The molecule has 2 aliphatic heterocycles. The maximum atomic E-state index is 14.6. The Morgan fingerprint density at radius 2 is 1.86 bits per heavy atom. The molecule has 2 atom stereocenters. The Kier molecular flexibility index (Phi) is 6.93. The van der Waals surface area contributed by atoms with E-state index in [-0.39, 0.29) is 37.7 Å². The number of piperidine rings is 1. The quantitative estimate of drug-likeness (QED) is 0.456. The van der Waals surface area contributed by atoms with Crippen LogP contribution in [0.5, 0.6) is 0 Å². The fourth-order valence-electron chi connectivity index (χ4n) is 6.17. The molecule has 1 aromatic carbocycles. The van der Waals surface area contributed by atoms with E-state index in [1.54, 1.807) is 13.0 Å². The van der Waals surface area contributed by atoms with Gasteiger partial charge in [0.05, 0.1) is 24.0 Å². The summed E-state index contributed by atoms with van der Waals surface area (Å²) in [5.41, 5.74) is -1.34. The zero-order chi connectivity index (χ0) is 25.6. The molecule has 3 fully saturated rings. The highest BCUT2D eigenvalue weighted by molar-refractivity contribution is 6.30. The van der Waals surface area contributed by atoms with Gasteiger partial charge in [0, 0.05) is 38.4 Å². The van der Waals surface area contributed by atoms with E-state index in [2.05, 4.69) is 5.32 Å². The van der Waals surface area contributed by atoms with Crippen LogP contribution < -0.4 is 5.32 Å². The monoisotopic (exact) mass is 516 g/mol. The molecule has 0 radical (unpaired) electrons. The van der Waals surface area contributed by atoms with Crippen LogP contribution in [0, 0.1) is 11.7 Å². The topological polar surface area (TPSA) is 86.7 Å². The fourth-order valence-corrected chi connectivity index (χ4v) is 6.28. The number of nitrogens with one attached hydrogen (secondary N) is 1. The predicted octanol–water partition coefficient (Wildman–Crippen LogP) is 4.00. The third kappa shape index (κ3) is 4.23. The average Bonchev–Trinajstić information content (AvgIpc) is 3.24. The first-order chi connectivity index (χ1) is 16.5. The van der Waals surface area contributed by atoms with E-state index in [1.807, 2.05) is 0 Å². The summed E-state index contributed by atoms with van der Waals surface area (Å²) in [5.74, 6) is -6.57. The van der Waals surface area contributed by atoms with Crippen molar-refractivity contribution in [3.05, 3.63) is 34.6 Å².